The maximum Gasteiger partial charge on any atom is 0.0950 e. The molecule has 0 aromatic heterocycles. The molecular formula is C11H15Cl2NO2. The van der Waals surface area contributed by atoms with Gasteiger partial charge in [-0.3, -0.25) is 0 Å². The van der Waals surface area contributed by atoms with Crippen molar-refractivity contribution in [1.82, 2.24) is 5.32 Å². The smallest absolute Gasteiger partial charge is 0.0950 e. The highest BCUT2D eigenvalue weighted by Crippen LogP contribution is 2.26. The molecule has 0 bridgehead atoms. The Bertz CT molecular complexity index is 334. The number of aliphatic hydroxyl groups excluding tert-OH is 1. The van der Waals surface area contributed by atoms with E-state index >= 15 is 0 Å². The topological polar surface area (TPSA) is 41.5 Å². The number of likely N-dealkylation sites (N-methyl/N-ethyl adjacent to an activating group) is 1. The largest absolute Gasteiger partial charge is 0.394 e. The van der Waals surface area contributed by atoms with Crippen LogP contribution in [0.2, 0.25) is 10.0 Å². The van der Waals surface area contributed by atoms with Crippen molar-refractivity contribution >= 4 is 23.2 Å². The molecule has 1 unspecified atom stereocenters. The third-order valence-corrected chi connectivity index (χ3v) is 2.85. The molecule has 1 aromatic carbocycles. The lowest BCUT2D eigenvalue weighted by atomic mass is 10.1. The summed E-state index contributed by atoms with van der Waals surface area (Å²) in [5, 5.41) is 12.8. The lowest BCUT2D eigenvalue weighted by molar-refractivity contribution is 0.0291. The molecule has 1 atom stereocenters. The Morgan fingerprint density at radius 1 is 1.38 bits per heavy atom. The van der Waals surface area contributed by atoms with Gasteiger partial charge >= 0.3 is 0 Å². The molecule has 0 saturated heterocycles. The van der Waals surface area contributed by atoms with Gasteiger partial charge in [-0.1, -0.05) is 29.3 Å². The van der Waals surface area contributed by atoms with Crippen molar-refractivity contribution in [3.05, 3.63) is 33.8 Å². The van der Waals surface area contributed by atoms with Crippen LogP contribution < -0.4 is 5.32 Å². The highest BCUT2D eigenvalue weighted by Gasteiger charge is 2.12. The van der Waals surface area contributed by atoms with E-state index in [2.05, 4.69) is 5.32 Å². The van der Waals surface area contributed by atoms with Gasteiger partial charge in [0.05, 0.1) is 29.4 Å². The molecule has 16 heavy (non-hydrogen) atoms. The Kier molecular flexibility index (Phi) is 6.09. The first kappa shape index (κ1) is 13.7. The normalized spacial score (nSPS) is 12.8. The second-order valence-electron chi connectivity index (χ2n) is 3.31. The van der Waals surface area contributed by atoms with Crippen molar-refractivity contribution in [3.63, 3.8) is 0 Å². The SMILES string of the molecule is CNCC(OCCO)c1ccc(Cl)c(Cl)c1. The van der Waals surface area contributed by atoms with Gasteiger partial charge in [0.15, 0.2) is 0 Å². The van der Waals surface area contributed by atoms with E-state index in [-0.39, 0.29) is 12.7 Å². The first-order chi connectivity index (χ1) is 7.69. The summed E-state index contributed by atoms with van der Waals surface area (Å²) in [7, 11) is 1.84. The Hall–Kier alpha value is -0.320. The highest BCUT2D eigenvalue weighted by atomic mass is 35.5. The summed E-state index contributed by atoms with van der Waals surface area (Å²) in [6.45, 7) is 0.950. The van der Waals surface area contributed by atoms with Crippen LogP contribution in [0.25, 0.3) is 0 Å². The molecule has 0 aliphatic carbocycles. The summed E-state index contributed by atoms with van der Waals surface area (Å²) in [6, 6.07) is 5.39. The molecule has 3 nitrogen and oxygen atoms in total. The fourth-order valence-corrected chi connectivity index (χ4v) is 1.67. The van der Waals surface area contributed by atoms with Crippen LogP contribution >= 0.6 is 23.2 Å². The van der Waals surface area contributed by atoms with Crippen molar-refractivity contribution in [3.8, 4) is 0 Å². The molecule has 0 saturated carbocycles. The molecule has 0 spiro atoms. The first-order valence-corrected chi connectivity index (χ1v) is 5.76. The number of ether oxygens (including phenoxy) is 1. The quantitative estimate of drug-likeness (QED) is 0.828. The van der Waals surface area contributed by atoms with Crippen LogP contribution in [0.1, 0.15) is 11.7 Å². The van der Waals surface area contributed by atoms with Gasteiger partial charge in [-0.15, -0.1) is 0 Å². The average molecular weight is 264 g/mol. The summed E-state index contributed by atoms with van der Waals surface area (Å²) < 4.78 is 5.50. The zero-order chi connectivity index (χ0) is 12.0. The zero-order valence-electron chi connectivity index (χ0n) is 9.04. The maximum atomic E-state index is 8.74. The lowest BCUT2D eigenvalue weighted by Gasteiger charge is -2.18. The minimum absolute atomic E-state index is 0.00152. The summed E-state index contributed by atoms with van der Waals surface area (Å²) in [4.78, 5) is 0. The molecule has 0 amide bonds. The molecule has 0 heterocycles. The fraction of sp³-hybridized carbons (Fsp3) is 0.455. The van der Waals surface area contributed by atoms with E-state index in [1.165, 1.54) is 0 Å². The van der Waals surface area contributed by atoms with Crippen LogP contribution in [0, 0.1) is 0 Å². The minimum atomic E-state index is -0.132. The van der Waals surface area contributed by atoms with Crippen molar-refractivity contribution in [1.29, 1.82) is 0 Å². The maximum absolute atomic E-state index is 8.74. The van der Waals surface area contributed by atoms with Gasteiger partial charge in [-0.25, -0.2) is 0 Å². The van der Waals surface area contributed by atoms with E-state index in [9.17, 15) is 0 Å². The number of benzene rings is 1. The van der Waals surface area contributed by atoms with Gasteiger partial charge in [0.1, 0.15) is 0 Å². The van der Waals surface area contributed by atoms with Crippen LogP contribution in [-0.4, -0.2) is 31.9 Å². The average Bonchev–Trinajstić information content (AvgIpc) is 2.28. The number of rotatable bonds is 6. The van der Waals surface area contributed by atoms with Crippen LogP contribution in [0.5, 0.6) is 0 Å². The summed E-state index contributed by atoms with van der Waals surface area (Å²) in [5.74, 6) is 0. The van der Waals surface area contributed by atoms with Gasteiger partial charge in [0.2, 0.25) is 0 Å². The Morgan fingerprint density at radius 3 is 2.69 bits per heavy atom. The Balaban J connectivity index is 2.78. The monoisotopic (exact) mass is 263 g/mol. The lowest BCUT2D eigenvalue weighted by Crippen LogP contribution is -2.21. The molecule has 90 valence electrons. The Morgan fingerprint density at radius 2 is 2.12 bits per heavy atom. The van der Waals surface area contributed by atoms with Gasteiger partial charge in [-0.05, 0) is 24.7 Å². The van der Waals surface area contributed by atoms with Gasteiger partial charge in [0, 0.05) is 6.54 Å². The number of hydrogen-bond acceptors (Lipinski definition) is 3. The number of hydrogen-bond donors (Lipinski definition) is 2. The second kappa shape index (κ2) is 7.09. The summed E-state index contributed by atoms with van der Waals surface area (Å²) in [6.07, 6.45) is -0.132. The molecule has 1 aromatic rings. The van der Waals surface area contributed by atoms with Crippen molar-refractivity contribution < 1.29 is 9.84 Å². The van der Waals surface area contributed by atoms with Gasteiger partial charge in [-0.2, -0.15) is 0 Å². The van der Waals surface area contributed by atoms with Crippen molar-refractivity contribution in [2.24, 2.45) is 0 Å². The second-order valence-corrected chi connectivity index (χ2v) is 4.13. The van der Waals surface area contributed by atoms with Crippen molar-refractivity contribution in [2.75, 3.05) is 26.8 Å². The van der Waals surface area contributed by atoms with E-state index < -0.39 is 0 Å². The van der Waals surface area contributed by atoms with Gasteiger partial charge < -0.3 is 15.2 Å². The number of halogens is 2. The van der Waals surface area contributed by atoms with Crippen molar-refractivity contribution in [2.45, 2.75) is 6.10 Å². The predicted octanol–water partition coefficient (Wildman–Crippen LogP) is 2.26. The predicted molar refractivity (Wildman–Crippen MR) is 66.2 cm³/mol. The number of aliphatic hydroxyl groups is 1. The molecule has 1 rings (SSSR count). The van der Waals surface area contributed by atoms with E-state index in [0.29, 0.717) is 23.2 Å². The molecule has 0 aliphatic rings. The van der Waals surface area contributed by atoms with E-state index in [1.807, 2.05) is 13.1 Å². The summed E-state index contributed by atoms with van der Waals surface area (Å²) >= 11 is 11.8. The molecule has 0 radical (unpaired) electrons. The highest BCUT2D eigenvalue weighted by molar-refractivity contribution is 6.42. The first-order valence-electron chi connectivity index (χ1n) is 5.01. The molecule has 0 fully saturated rings. The number of nitrogens with one attached hydrogen (secondary N) is 1. The van der Waals surface area contributed by atoms with Crippen LogP contribution in [0.4, 0.5) is 0 Å². The molecule has 2 N–H and O–H groups in total. The standard InChI is InChI=1S/C11H15Cl2NO2/c1-14-7-11(16-5-4-15)8-2-3-9(12)10(13)6-8/h2-3,6,11,14-15H,4-5,7H2,1H3. The third-order valence-electron chi connectivity index (χ3n) is 2.12. The Labute approximate surface area is 105 Å². The molecule has 0 aliphatic heterocycles. The third kappa shape index (κ3) is 3.92. The fourth-order valence-electron chi connectivity index (χ4n) is 1.37. The molecular weight excluding hydrogens is 249 g/mol. The van der Waals surface area contributed by atoms with E-state index in [0.717, 1.165) is 5.56 Å². The zero-order valence-corrected chi connectivity index (χ0v) is 10.6. The minimum Gasteiger partial charge on any atom is -0.394 e. The van der Waals surface area contributed by atoms with Crippen LogP contribution in [0.3, 0.4) is 0 Å². The van der Waals surface area contributed by atoms with E-state index in [4.69, 9.17) is 33.0 Å². The van der Waals surface area contributed by atoms with Crippen LogP contribution in [-0.2, 0) is 4.74 Å². The van der Waals surface area contributed by atoms with E-state index in [1.54, 1.807) is 12.1 Å². The molecule has 5 heteroatoms. The van der Waals surface area contributed by atoms with Crippen LogP contribution in [0.15, 0.2) is 18.2 Å². The van der Waals surface area contributed by atoms with Gasteiger partial charge in [0.25, 0.3) is 0 Å². The summed E-state index contributed by atoms with van der Waals surface area (Å²) in [5.41, 5.74) is 0.942.